The molecular formula is C36H28N2O6. The van der Waals surface area contributed by atoms with E-state index in [4.69, 9.17) is 0 Å². The molecule has 0 radical (unpaired) electrons. The summed E-state index contributed by atoms with van der Waals surface area (Å²) in [6.07, 6.45) is 2.35. The van der Waals surface area contributed by atoms with Gasteiger partial charge >= 0.3 is 0 Å². The molecule has 44 heavy (non-hydrogen) atoms. The predicted molar refractivity (Wildman–Crippen MR) is 162 cm³/mol. The molecule has 0 bridgehead atoms. The number of benzene rings is 4. The topological polar surface area (TPSA) is 109 Å². The molecule has 4 aromatic rings. The number of ketones is 2. The van der Waals surface area contributed by atoms with Gasteiger partial charge in [-0.05, 0) is 61.1 Å². The highest BCUT2D eigenvalue weighted by atomic mass is 16.2. The number of carbonyl (C=O) groups excluding carboxylic acids is 6. The van der Waals surface area contributed by atoms with Crippen LogP contribution in [-0.4, -0.2) is 58.1 Å². The summed E-state index contributed by atoms with van der Waals surface area (Å²) in [4.78, 5) is 78.4. The Bertz CT molecular complexity index is 1620. The van der Waals surface area contributed by atoms with Crippen LogP contribution in [0.2, 0.25) is 0 Å². The summed E-state index contributed by atoms with van der Waals surface area (Å²) in [6, 6.07) is 27.2. The fourth-order valence-electron chi connectivity index (χ4n) is 5.67. The molecular weight excluding hydrogens is 556 g/mol. The Labute approximate surface area is 253 Å². The summed E-state index contributed by atoms with van der Waals surface area (Å²) >= 11 is 0. The highest BCUT2D eigenvalue weighted by Gasteiger charge is 2.35. The third-order valence-electron chi connectivity index (χ3n) is 8.09. The lowest BCUT2D eigenvalue weighted by atomic mass is 9.98. The van der Waals surface area contributed by atoms with Crippen LogP contribution >= 0.6 is 0 Å². The van der Waals surface area contributed by atoms with Crippen molar-refractivity contribution in [3.8, 4) is 0 Å². The van der Waals surface area contributed by atoms with Crippen molar-refractivity contribution in [3.05, 3.63) is 142 Å². The number of nitrogens with zero attached hydrogens (tertiary/aromatic N) is 2. The van der Waals surface area contributed by atoms with Gasteiger partial charge in [0.1, 0.15) is 0 Å². The van der Waals surface area contributed by atoms with Crippen LogP contribution in [0.4, 0.5) is 0 Å². The third kappa shape index (κ3) is 5.38. The predicted octanol–water partition coefficient (Wildman–Crippen LogP) is 5.21. The normalized spacial score (nSPS) is 13.8. The zero-order valence-electron chi connectivity index (χ0n) is 23.8. The molecule has 4 aromatic carbocycles. The van der Waals surface area contributed by atoms with Gasteiger partial charge in [-0.3, -0.25) is 38.6 Å². The molecule has 0 aromatic heterocycles. The molecule has 0 unspecified atom stereocenters. The van der Waals surface area contributed by atoms with Crippen LogP contribution in [0.5, 0.6) is 0 Å². The first kappa shape index (κ1) is 28.6. The minimum absolute atomic E-state index is 0.278. The summed E-state index contributed by atoms with van der Waals surface area (Å²) in [6.45, 7) is 0.592. The highest BCUT2D eigenvalue weighted by Crippen LogP contribution is 2.24. The standard InChI is InChI=1S/C36H28N2O6/c39-31(25-17-13-23(14-18-25)7-5-21-37-33(41)27-9-1-2-10-28(27)34(37)42)32(40)26-19-15-24(16-20-26)8-6-22-38-35(43)29-11-3-4-12-30(29)36(38)44/h1-4,9-20H,5-8,21-22H2. The second kappa shape index (κ2) is 12.0. The minimum atomic E-state index is -0.610. The maximum Gasteiger partial charge on any atom is 0.261 e. The zero-order chi connectivity index (χ0) is 30.8. The van der Waals surface area contributed by atoms with E-state index in [1.54, 1.807) is 97.1 Å². The molecule has 0 aliphatic carbocycles. The Morgan fingerprint density at radius 1 is 0.432 bits per heavy atom. The summed E-state index contributed by atoms with van der Waals surface area (Å²) in [5.74, 6) is -2.33. The van der Waals surface area contributed by atoms with Crippen LogP contribution < -0.4 is 0 Å². The van der Waals surface area contributed by atoms with Gasteiger partial charge in [0.15, 0.2) is 0 Å². The second-order valence-electron chi connectivity index (χ2n) is 10.9. The van der Waals surface area contributed by atoms with Crippen molar-refractivity contribution in [2.75, 3.05) is 13.1 Å². The van der Waals surface area contributed by atoms with E-state index in [9.17, 15) is 28.8 Å². The SMILES string of the molecule is O=C(C(=O)c1ccc(CCCN2C(=O)c3ccccc3C2=O)cc1)c1ccc(CCCN2C(=O)c3ccccc3C2=O)cc1. The molecule has 8 heteroatoms. The molecule has 2 heterocycles. The lowest BCUT2D eigenvalue weighted by molar-refractivity contribution is 0.0637. The van der Waals surface area contributed by atoms with E-state index in [2.05, 4.69) is 0 Å². The van der Waals surface area contributed by atoms with Crippen LogP contribution in [0.25, 0.3) is 0 Å². The monoisotopic (exact) mass is 584 g/mol. The number of hydrogen-bond acceptors (Lipinski definition) is 6. The molecule has 8 nitrogen and oxygen atoms in total. The molecule has 2 aliphatic rings. The average molecular weight is 585 g/mol. The number of carbonyl (C=O) groups is 6. The number of rotatable bonds is 11. The van der Waals surface area contributed by atoms with Gasteiger partial charge in [-0.25, -0.2) is 0 Å². The van der Waals surface area contributed by atoms with E-state index in [0.29, 0.717) is 61.0 Å². The number of imide groups is 2. The van der Waals surface area contributed by atoms with Crippen LogP contribution in [-0.2, 0) is 12.8 Å². The van der Waals surface area contributed by atoms with E-state index in [1.807, 2.05) is 0 Å². The van der Waals surface area contributed by atoms with E-state index < -0.39 is 11.6 Å². The zero-order valence-corrected chi connectivity index (χ0v) is 23.8. The first-order valence-electron chi connectivity index (χ1n) is 14.5. The van der Waals surface area contributed by atoms with E-state index >= 15 is 0 Å². The number of hydrogen-bond donors (Lipinski definition) is 0. The van der Waals surface area contributed by atoms with E-state index in [-0.39, 0.29) is 34.8 Å². The molecule has 218 valence electrons. The molecule has 6 rings (SSSR count). The van der Waals surface area contributed by atoms with Gasteiger partial charge in [0.2, 0.25) is 11.6 Å². The van der Waals surface area contributed by atoms with Gasteiger partial charge in [-0.1, -0.05) is 72.8 Å². The number of fused-ring (bicyclic) bond motifs is 2. The van der Waals surface area contributed by atoms with Gasteiger partial charge in [0.25, 0.3) is 23.6 Å². The Hall–Kier alpha value is -5.50. The Balaban J connectivity index is 0.979. The Morgan fingerprint density at radius 2 is 0.727 bits per heavy atom. The van der Waals surface area contributed by atoms with Gasteiger partial charge < -0.3 is 0 Å². The van der Waals surface area contributed by atoms with Crippen LogP contribution in [0, 0.1) is 0 Å². The van der Waals surface area contributed by atoms with Crippen molar-refractivity contribution < 1.29 is 28.8 Å². The molecule has 0 saturated carbocycles. The number of aryl methyl sites for hydroxylation is 2. The highest BCUT2D eigenvalue weighted by molar-refractivity contribution is 6.49. The molecule has 0 atom stereocenters. The maximum atomic E-state index is 12.9. The fraction of sp³-hybridized carbons (Fsp3) is 0.167. The lowest BCUT2D eigenvalue weighted by Crippen LogP contribution is -2.30. The largest absolute Gasteiger partial charge is 0.285 e. The minimum Gasteiger partial charge on any atom is -0.285 e. The summed E-state index contributed by atoms with van der Waals surface area (Å²) in [5, 5.41) is 0. The third-order valence-corrected chi connectivity index (χ3v) is 8.09. The first-order chi connectivity index (χ1) is 21.3. The summed E-state index contributed by atoms with van der Waals surface area (Å²) < 4.78 is 0. The lowest BCUT2D eigenvalue weighted by Gasteiger charge is -2.13. The molecule has 0 saturated heterocycles. The fourth-order valence-corrected chi connectivity index (χ4v) is 5.67. The molecule has 2 aliphatic heterocycles. The molecule has 0 N–H and O–H groups in total. The van der Waals surface area contributed by atoms with Crippen LogP contribution in [0.15, 0.2) is 97.1 Å². The maximum absolute atomic E-state index is 12.9. The van der Waals surface area contributed by atoms with Crippen molar-refractivity contribution in [1.82, 2.24) is 9.80 Å². The Kier molecular flexibility index (Phi) is 7.81. The molecule has 0 fully saturated rings. The molecule has 4 amide bonds. The summed E-state index contributed by atoms with van der Waals surface area (Å²) in [5.41, 5.74) is 4.14. The van der Waals surface area contributed by atoms with Crippen LogP contribution in [0.3, 0.4) is 0 Å². The second-order valence-corrected chi connectivity index (χ2v) is 10.9. The van der Waals surface area contributed by atoms with Gasteiger partial charge in [0, 0.05) is 24.2 Å². The van der Waals surface area contributed by atoms with Crippen molar-refractivity contribution in [1.29, 1.82) is 0 Å². The van der Waals surface area contributed by atoms with Crippen molar-refractivity contribution in [2.24, 2.45) is 0 Å². The van der Waals surface area contributed by atoms with E-state index in [0.717, 1.165) is 11.1 Å². The van der Waals surface area contributed by atoms with Crippen molar-refractivity contribution >= 4 is 35.2 Å². The summed E-state index contributed by atoms with van der Waals surface area (Å²) in [7, 11) is 0. The van der Waals surface area contributed by atoms with Crippen molar-refractivity contribution in [3.63, 3.8) is 0 Å². The first-order valence-corrected chi connectivity index (χ1v) is 14.5. The van der Waals surface area contributed by atoms with Gasteiger partial charge in [-0.15, -0.1) is 0 Å². The molecule has 0 spiro atoms. The van der Waals surface area contributed by atoms with Crippen LogP contribution in [0.1, 0.15) is 86.1 Å². The quantitative estimate of drug-likeness (QED) is 0.136. The van der Waals surface area contributed by atoms with Gasteiger partial charge in [-0.2, -0.15) is 0 Å². The van der Waals surface area contributed by atoms with Crippen molar-refractivity contribution in [2.45, 2.75) is 25.7 Å². The average Bonchev–Trinajstić information content (AvgIpc) is 3.45. The number of Topliss-reactive ketones (excluding diaryl/α,β-unsaturated/α-hetero) is 2. The van der Waals surface area contributed by atoms with E-state index in [1.165, 1.54) is 9.80 Å². The number of amides is 4. The van der Waals surface area contributed by atoms with Gasteiger partial charge in [0.05, 0.1) is 22.3 Å². The smallest absolute Gasteiger partial charge is 0.261 e. The Morgan fingerprint density at radius 3 is 1.02 bits per heavy atom.